The van der Waals surface area contributed by atoms with Crippen molar-refractivity contribution >= 4 is 17.1 Å². The Hall–Kier alpha value is -2.46. The normalized spacial score (nSPS) is 25.2. The summed E-state index contributed by atoms with van der Waals surface area (Å²) in [7, 11) is 1.34. The average molecular weight is 473 g/mol. The molecule has 1 saturated heterocycles. The van der Waals surface area contributed by atoms with Crippen LogP contribution in [0.1, 0.15) is 32.8 Å². The van der Waals surface area contributed by atoms with Crippen molar-refractivity contribution in [2.45, 2.75) is 37.4 Å². The first kappa shape index (κ1) is 23.7. The smallest absolute Gasteiger partial charge is 0.224 e. The van der Waals surface area contributed by atoms with E-state index in [0.717, 1.165) is 16.0 Å². The Balaban J connectivity index is 1.70. The Kier molecular flexibility index (Phi) is 6.76. The Bertz CT molecular complexity index is 1140. The molecule has 0 aliphatic carbocycles. The summed E-state index contributed by atoms with van der Waals surface area (Å²) in [6, 6.07) is 14.6. The SMILES string of the molecule is COC1(c2ccc(C)c(C(=O)c3ccc(-c4ccc(F)cc4)s3)c2)O[C@H](CO)C[C@H](O)[C@H]1O. The van der Waals surface area contributed by atoms with Crippen molar-refractivity contribution < 1.29 is 34.0 Å². The number of benzene rings is 2. The second kappa shape index (κ2) is 9.42. The van der Waals surface area contributed by atoms with Crippen LogP contribution in [0.25, 0.3) is 10.4 Å². The molecule has 0 saturated carbocycles. The largest absolute Gasteiger partial charge is 0.394 e. The number of carbonyl (C=O) groups excluding carboxylic acids is 1. The fourth-order valence-corrected chi connectivity index (χ4v) is 5.07. The van der Waals surface area contributed by atoms with E-state index in [1.807, 2.05) is 6.07 Å². The van der Waals surface area contributed by atoms with E-state index >= 15 is 0 Å². The first-order valence-electron chi connectivity index (χ1n) is 10.5. The number of hydrogen-bond acceptors (Lipinski definition) is 7. The third-order valence-corrected chi connectivity index (χ3v) is 7.08. The molecule has 3 aromatic rings. The van der Waals surface area contributed by atoms with Crippen molar-refractivity contribution in [2.75, 3.05) is 13.7 Å². The first-order chi connectivity index (χ1) is 15.8. The summed E-state index contributed by atoms with van der Waals surface area (Å²) in [5.74, 6) is -2.28. The molecule has 3 N–H and O–H groups in total. The Morgan fingerprint density at radius 3 is 2.58 bits per heavy atom. The molecule has 1 unspecified atom stereocenters. The number of carbonyl (C=O) groups is 1. The van der Waals surface area contributed by atoms with Crippen LogP contribution in [0.15, 0.2) is 54.6 Å². The zero-order valence-corrected chi connectivity index (χ0v) is 19.0. The number of hydrogen-bond donors (Lipinski definition) is 3. The molecule has 2 aromatic carbocycles. The zero-order valence-electron chi connectivity index (χ0n) is 18.2. The summed E-state index contributed by atoms with van der Waals surface area (Å²) in [4.78, 5) is 14.7. The highest BCUT2D eigenvalue weighted by molar-refractivity contribution is 7.17. The minimum atomic E-state index is -1.73. The maximum absolute atomic E-state index is 13.4. The molecule has 1 aliphatic heterocycles. The molecule has 0 spiro atoms. The van der Waals surface area contributed by atoms with Gasteiger partial charge in [0.05, 0.1) is 23.7 Å². The van der Waals surface area contributed by atoms with Gasteiger partial charge in [0.15, 0.2) is 0 Å². The van der Waals surface area contributed by atoms with Crippen LogP contribution in [0, 0.1) is 12.7 Å². The number of aryl methyl sites for hydroxylation is 1. The van der Waals surface area contributed by atoms with E-state index in [9.17, 15) is 24.5 Å². The van der Waals surface area contributed by atoms with E-state index in [4.69, 9.17) is 9.47 Å². The maximum atomic E-state index is 13.4. The maximum Gasteiger partial charge on any atom is 0.224 e. The van der Waals surface area contributed by atoms with Gasteiger partial charge in [0.25, 0.3) is 0 Å². The van der Waals surface area contributed by atoms with Crippen LogP contribution in [-0.2, 0) is 15.3 Å². The quantitative estimate of drug-likeness (QED) is 0.476. The van der Waals surface area contributed by atoms with Gasteiger partial charge >= 0.3 is 0 Å². The van der Waals surface area contributed by atoms with Crippen molar-refractivity contribution in [3.63, 3.8) is 0 Å². The van der Waals surface area contributed by atoms with E-state index in [1.54, 1.807) is 43.3 Å². The number of aliphatic hydroxyl groups is 3. The Labute approximate surface area is 194 Å². The molecule has 1 aliphatic rings. The molecule has 2 heterocycles. The highest BCUT2D eigenvalue weighted by atomic mass is 32.1. The molecule has 4 atom stereocenters. The number of ketones is 1. The van der Waals surface area contributed by atoms with Crippen LogP contribution in [0.4, 0.5) is 4.39 Å². The summed E-state index contributed by atoms with van der Waals surface area (Å²) in [5.41, 5.74) is 2.29. The van der Waals surface area contributed by atoms with E-state index in [1.165, 1.54) is 30.6 Å². The lowest BCUT2D eigenvalue weighted by Gasteiger charge is -2.45. The number of ether oxygens (including phenoxy) is 2. The van der Waals surface area contributed by atoms with Crippen LogP contribution >= 0.6 is 11.3 Å². The molecular formula is C25H25FO6S. The molecule has 0 radical (unpaired) electrons. The predicted molar refractivity (Wildman–Crippen MR) is 122 cm³/mol. The molecule has 174 valence electrons. The average Bonchev–Trinajstić information content (AvgIpc) is 3.31. The van der Waals surface area contributed by atoms with Gasteiger partial charge in [-0.2, -0.15) is 0 Å². The van der Waals surface area contributed by atoms with Crippen LogP contribution in [-0.4, -0.2) is 53.1 Å². The zero-order chi connectivity index (χ0) is 23.8. The fourth-order valence-electron chi connectivity index (χ4n) is 4.10. The highest BCUT2D eigenvalue weighted by Crippen LogP contribution is 2.40. The van der Waals surface area contributed by atoms with Crippen LogP contribution in [0.3, 0.4) is 0 Å². The van der Waals surface area contributed by atoms with E-state index in [-0.39, 0.29) is 24.6 Å². The Morgan fingerprint density at radius 2 is 1.91 bits per heavy atom. The van der Waals surface area contributed by atoms with Gasteiger partial charge in [-0.05, 0) is 48.4 Å². The van der Waals surface area contributed by atoms with Crippen molar-refractivity contribution in [1.29, 1.82) is 0 Å². The monoisotopic (exact) mass is 472 g/mol. The summed E-state index contributed by atoms with van der Waals surface area (Å²) >= 11 is 1.30. The van der Waals surface area contributed by atoms with Crippen molar-refractivity contribution in [3.8, 4) is 10.4 Å². The minimum Gasteiger partial charge on any atom is -0.394 e. The minimum absolute atomic E-state index is 0.0573. The topological polar surface area (TPSA) is 96.2 Å². The van der Waals surface area contributed by atoms with E-state index in [0.29, 0.717) is 16.0 Å². The summed E-state index contributed by atoms with van der Waals surface area (Å²) < 4.78 is 24.7. The summed E-state index contributed by atoms with van der Waals surface area (Å²) in [6.07, 6.45) is -3.27. The summed E-state index contributed by atoms with van der Waals surface area (Å²) in [5, 5.41) is 30.6. The van der Waals surface area contributed by atoms with Gasteiger partial charge in [-0.3, -0.25) is 4.79 Å². The van der Waals surface area contributed by atoms with Gasteiger partial charge in [-0.1, -0.05) is 24.3 Å². The molecule has 0 amide bonds. The molecule has 8 heteroatoms. The number of halogens is 1. The third-order valence-electron chi connectivity index (χ3n) is 5.95. The number of methoxy groups -OCH3 is 1. The standard InChI is InChI=1S/C25H25FO6S/c1-14-3-6-16(25(31-2)24(30)20(28)12-18(13-27)32-25)11-19(14)23(29)22-10-9-21(33-22)15-4-7-17(26)8-5-15/h3-11,18,20,24,27-28,30H,12-13H2,1-2H3/t18-,20-,24+,25?/m0/s1. The Morgan fingerprint density at radius 1 is 1.18 bits per heavy atom. The van der Waals surface area contributed by atoms with Crippen molar-refractivity contribution in [1.82, 2.24) is 0 Å². The van der Waals surface area contributed by atoms with Crippen LogP contribution < -0.4 is 0 Å². The molecule has 0 bridgehead atoms. The van der Waals surface area contributed by atoms with Gasteiger partial charge in [-0.25, -0.2) is 4.39 Å². The van der Waals surface area contributed by atoms with Crippen LogP contribution in [0.5, 0.6) is 0 Å². The molecule has 1 aromatic heterocycles. The first-order valence-corrected chi connectivity index (χ1v) is 11.3. The molecule has 1 fully saturated rings. The molecule has 6 nitrogen and oxygen atoms in total. The molecular weight excluding hydrogens is 447 g/mol. The van der Waals surface area contributed by atoms with Gasteiger partial charge in [0, 0.05) is 29.5 Å². The van der Waals surface area contributed by atoms with Crippen LogP contribution in [0.2, 0.25) is 0 Å². The molecule has 4 rings (SSSR count). The van der Waals surface area contributed by atoms with E-state index in [2.05, 4.69) is 0 Å². The van der Waals surface area contributed by atoms with E-state index < -0.39 is 24.1 Å². The second-order valence-electron chi connectivity index (χ2n) is 8.07. The van der Waals surface area contributed by atoms with Gasteiger partial charge in [-0.15, -0.1) is 11.3 Å². The lowest BCUT2D eigenvalue weighted by Crippen LogP contribution is -2.57. The predicted octanol–water partition coefficient (Wildman–Crippen LogP) is 3.40. The number of rotatable bonds is 6. The van der Waals surface area contributed by atoms with Gasteiger partial charge in [0.1, 0.15) is 11.9 Å². The second-order valence-corrected chi connectivity index (χ2v) is 9.16. The number of aliphatic hydroxyl groups excluding tert-OH is 3. The highest BCUT2D eigenvalue weighted by Gasteiger charge is 2.51. The van der Waals surface area contributed by atoms with Gasteiger partial charge < -0.3 is 24.8 Å². The van der Waals surface area contributed by atoms with Gasteiger partial charge in [0.2, 0.25) is 11.6 Å². The van der Waals surface area contributed by atoms with Crippen molar-refractivity contribution in [2.24, 2.45) is 0 Å². The fraction of sp³-hybridized carbons (Fsp3) is 0.320. The van der Waals surface area contributed by atoms with Crippen molar-refractivity contribution in [3.05, 3.63) is 82.0 Å². The third kappa shape index (κ3) is 4.38. The lowest BCUT2D eigenvalue weighted by molar-refractivity contribution is -0.344. The molecule has 33 heavy (non-hydrogen) atoms. The summed E-state index contributed by atoms with van der Waals surface area (Å²) in [6.45, 7) is 1.45. The lowest BCUT2D eigenvalue weighted by atomic mass is 9.87. The number of thiophene rings is 1.